The highest BCUT2D eigenvalue weighted by molar-refractivity contribution is 6.06. The van der Waals surface area contributed by atoms with Crippen LogP contribution in [0.25, 0.3) is 5.57 Å². The van der Waals surface area contributed by atoms with Crippen LogP contribution in [0.5, 0.6) is 5.75 Å². The largest absolute Gasteiger partial charge is 0.484 e. The van der Waals surface area contributed by atoms with Gasteiger partial charge in [-0.2, -0.15) is 0 Å². The molecule has 26 heavy (non-hydrogen) atoms. The molecule has 138 valence electrons. The maximum atomic E-state index is 12.3. The van der Waals surface area contributed by atoms with Crippen LogP contribution in [-0.4, -0.2) is 58.7 Å². The van der Waals surface area contributed by atoms with E-state index in [1.54, 1.807) is 24.3 Å². The first-order valence-corrected chi connectivity index (χ1v) is 8.26. The average molecular weight is 360 g/mol. The quantitative estimate of drug-likeness (QED) is 0.625. The van der Waals surface area contributed by atoms with Gasteiger partial charge in [0, 0.05) is 7.05 Å². The molecule has 0 unspecified atom stereocenters. The van der Waals surface area contributed by atoms with E-state index in [-0.39, 0.29) is 30.2 Å². The van der Waals surface area contributed by atoms with Crippen molar-refractivity contribution in [1.82, 2.24) is 10.2 Å². The smallest absolute Gasteiger partial charge is 0.352 e. The molecule has 0 bridgehead atoms. The molecule has 1 aromatic carbocycles. The van der Waals surface area contributed by atoms with Crippen molar-refractivity contribution in [2.24, 2.45) is 5.92 Å². The molecule has 2 aliphatic heterocycles. The van der Waals surface area contributed by atoms with Gasteiger partial charge in [0.05, 0.1) is 18.1 Å². The van der Waals surface area contributed by atoms with Gasteiger partial charge in [0.15, 0.2) is 6.61 Å². The van der Waals surface area contributed by atoms with Crippen LogP contribution in [0.15, 0.2) is 30.0 Å². The Morgan fingerprint density at radius 2 is 2.15 bits per heavy atom. The lowest BCUT2D eigenvalue weighted by Crippen LogP contribution is -2.61. The zero-order chi connectivity index (χ0) is 19.0. The van der Waals surface area contributed by atoms with Gasteiger partial charge in [-0.3, -0.25) is 9.59 Å². The summed E-state index contributed by atoms with van der Waals surface area (Å²) in [6, 6.07) is 6.40. The van der Waals surface area contributed by atoms with E-state index in [9.17, 15) is 24.6 Å². The number of carbonyl (C=O) groups excluding carboxylic acids is 2. The Balaban J connectivity index is 1.90. The van der Waals surface area contributed by atoms with Crippen LogP contribution in [0.2, 0.25) is 0 Å². The molecule has 0 aliphatic carbocycles. The number of aliphatic hydroxyl groups excluding tert-OH is 1. The van der Waals surface area contributed by atoms with Crippen molar-refractivity contribution in [3.05, 3.63) is 35.5 Å². The van der Waals surface area contributed by atoms with Crippen molar-refractivity contribution in [3.8, 4) is 5.75 Å². The number of aliphatic carboxylic acids is 1. The summed E-state index contributed by atoms with van der Waals surface area (Å²) in [5.41, 5.74) is 1.08. The Morgan fingerprint density at radius 3 is 2.77 bits per heavy atom. The number of likely N-dealkylation sites (N-methyl/N-ethyl adjacent to an activating group) is 1. The first-order valence-electron chi connectivity index (χ1n) is 8.26. The van der Waals surface area contributed by atoms with Gasteiger partial charge in [0.25, 0.3) is 5.91 Å². The Kier molecular flexibility index (Phi) is 4.69. The fraction of sp³-hybridized carbons (Fsp3) is 0.389. The molecule has 3 rings (SSSR count). The third kappa shape index (κ3) is 2.92. The van der Waals surface area contributed by atoms with Crippen molar-refractivity contribution in [3.63, 3.8) is 0 Å². The van der Waals surface area contributed by atoms with E-state index in [1.807, 2.05) is 0 Å². The number of hydrogen-bond donors (Lipinski definition) is 3. The Hall–Kier alpha value is -2.87. The van der Waals surface area contributed by atoms with E-state index in [0.29, 0.717) is 23.3 Å². The molecule has 1 saturated heterocycles. The van der Waals surface area contributed by atoms with Crippen LogP contribution >= 0.6 is 0 Å². The summed E-state index contributed by atoms with van der Waals surface area (Å²) >= 11 is 0. The first-order chi connectivity index (χ1) is 12.3. The predicted octanol–water partition coefficient (Wildman–Crippen LogP) is 0.219. The molecular weight excluding hydrogens is 340 g/mol. The van der Waals surface area contributed by atoms with Gasteiger partial charge in [0.1, 0.15) is 11.4 Å². The zero-order valence-electron chi connectivity index (χ0n) is 14.4. The van der Waals surface area contributed by atoms with E-state index >= 15 is 0 Å². The van der Waals surface area contributed by atoms with Crippen molar-refractivity contribution < 1.29 is 29.3 Å². The van der Waals surface area contributed by atoms with E-state index in [0.717, 1.165) is 0 Å². The van der Waals surface area contributed by atoms with Crippen LogP contribution in [0, 0.1) is 5.92 Å². The molecule has 0 spiro atoms. The van der Waals surface area contributed by atoms with Crippen LogP contribution < -0.4 is 10.1 Å². The highest BCUT2D eigenvalue weighted by atomic mass is 16.5. The number of β-lactam (4-membered cyclic amide) rings is 1. The number of nitrogens with zero attached hydrogens (tertiary/aromatic N) is 1. The number of hydrogen-bond acceptors (Lipinski definition) is 5. The lowest BCUT2D eigenvalue weighted by molar-refractivity contribution is -0.161. The summed E-state index contributed by atoms with van der Waals surface area (Å²) in [7, 11) is 1.50. The molecule has 2 aliphatic rings. The number of rotatable bonds is 6. The van der Waals surface area contributed by atoms with Crippen molar-refractivity contribution in [1.29, 1.82) is 0 Å². The van der Waals surface area contributed by atoms with E-state index in [4.69, 9.17) is 4.74 Å². The lowest BCUT2D eigenvalue weighted by Gasteiger charge is -2.44. The van der Waals surface area contributed by atoms with Gasteiger partial charge in [0.2, 0.25) is 5.91 Å². The normalized spacial score (nSPS) is 22.6. The zero-order valence-corrected chi connectivity index (χ0v) is 14.4. The van der Waals surface area contributed by atoms with Crippen LogP contribution in [0.3, 0.4) is 0 Å². The maximum Gasteiger partial charge on any atom is 0.352 e. The van der Waals surface area contributed by atoms with Crippen molar-refractivity contribution >= 4 is 23.4 Å². The molecule has 3 N–H and O–H groups in total. The highest BCUT2D eigenvalue weighted by Gasteiger charge is 2.56. The SMILES string of the molecule is CNC(=O)COc1cccc(C2=C(C(=O)O)N3C(=O)[C@H]([C@@H](C)O)[C@H]3C2)c1. The van der Waals surface area contributed by atoms with E-state index in [2.05, 4.69) is 5.32 Å². The lowest BCUT2D eigenvalue weighted by atomic mass is 9.82. The summed E-state index contributed by atoms with van der Waals surface area (Å²) in [5, 5.41) is 21.8. The Bertz CT molecular complexity index is 801. The second kappa shape index (κ2) is 6.80. The fourth-order valence-electron chi connectivity index (χ4n) is 3.52. The van der Waals surface area contributed by atoms with Gasteiger partial charge in [-0.15, -0.1) is 0 Å². The minimum absolute atomic E-state index is 0.0552. The van der Waals surface area contributed by atoms with Gasteiger partial charge >= 0.3 is 5.97 Å². The van der Waals surface area contributed by atoms with Crippen LogP contribution in [0.4, 0.5) is 0 Å². The molecule has 0 saturated carbocycles. The molecule has 8 heteroatoms. The summed E-state index contributed by atoms with van der Waals surface area (Å²) in [5.74, 6) is -2.00. The second-order valence-corrected chi connectivity index (χ2v) is 6.37. The third-order valence-corrected chi connectivity index (χ3v) is 4.76. The molecule has 3 atom stereocenters. The summed E-state index contributed by atoms with van der Waals surface area (Å²) in [6.07, 6.45) is -0.484. The van der Waals surface area contributed by atoms with E-state index in [1.165, 1.54) is 18.9 Å². The number of carboxylic acids is 1. The number of ether oxygens (including phenoxy) is 1. The van der Waals surface area contributed by atoms with Crippen LogP contribution in [-0.2, 0) is 14.4 Å². The van der Waals surface area contributed by atoms with Crippen LogP contribution in [0.1, 0.15) is 18.9 Å². The van der Waals surface area contributed by atoms with Gasteiger partial charge in [-0.05, 0) is 36.6 Å². The second-order valence-electron chi connectivity index (χ2n) is 6.37. The number of benzene rings is 1. The Morgan fingerprint density at radius 1 is 1.42 bits per heavy atom. The molecule has 1 fully saturated rings. The molecule has 0 radical (unpaired) electrons. The molecule has 2 amide bonds. The van der Waals surface area contributed by atoms with Crippen molar-refractivity contribution in [2.75, 3.05) is 13.7 Å². The monoisotopic (exact) mass is 360 g/mol. The standard InChI is InChI=1S/C18H20N2O6/c1-9(21)15-13-7-12(16(18(24)25)20(13)17(15)23)10-4-3-5-11(6-10)26-8-14(22)19-2/h3-6,9,13,15,21H,7-8H2,1-2H3,(H,19,22)(H,24,25)/t9-,13-,15-/m1/s1. The number of nitrogens with one attached hydrogen (secondary N) is 1. The number of carbonyl (C=O) groups is 3. The summed E-state index contributed by atoms with van der Waals surface area (Å²) < 4.78 is 5.40. The minimum atomic E-state index is -1.18. The first kappa shape index (κ1) is 17.9. The molecule has 2 heterocycles. The van der Waals surface area contributed by atoms with Gasteiger partial charge in [-0.1, -0.05) is 12.1 Å². The molecule has 0 aromatic heterocycles. The maximum absolute atomic E-state index is 12.3. The summed E-state index contributed by atoms with van der Waals surface area (Å²) in [4.78, 5) is 36.6. The number of amides is 2. The average Bonchev–Trinajstić information content (AvgIpc) is 2.94. The van der Waals surface area contributed by atoms with Gasteiger partial charge < -0.3 is 25.2 Å². The van der Waals surface area contributed by atoms with E-state index < -0.39 is 18.0 Å². The molecule has 8 nitrogen and oxygen atoms in total. The topological polar surface area (TPSA) is 116 Å². The highest BCUT2D eigenvalue weighted by Crippen LogP contribution is 2.47. The third-order valence-electron chi connectivity index (χ3n) is 4.76. The Labute approximate surface area is 150 Å². The predicted molar refractivity (Wildman–Crippen MR) is 91.0 cm³/mol. The summed E-state index contributed by atoms with van der Waals surface area (Å²) in [6.45, 7) is 1.38. The number of fused-ring (bicyclic) bond motifs is 1. The number of carboxylic acid groups (broad SMARTS) is 1. The minimum Gasteiger partial charge on any atom is -0.484 e. The van der Waals surface area contributed by atoms with Crippen molar-refractivity contribution in [2.45, 2.75) is 25.5 Å². The molecule has 1 aromatic rings. The van der Waals surface area contributed by atoms with Gasteiger partial charge in [-0.25, -0.2) is 4.79 Å². The molecular formula is C18H20N2O6. The number of aliphatic hydroxyl groups is 1. The fourth-order valence-corrected chi connectivity index (χ4v) is 3.52.